The molecule has 8 nitrogen and oxygen atoms in total. The van der Waals surface area contributed by atoms with Crippen molar-refractivity contribution in [3.05, 3.63) is 35.4 Å². The molecule has 1 heterocycles. The van der Waals surface area contributed by atoms with E-state index in [1.807, 2.05) is 19.1 Å². The summed E-state index contributed by atoms with van der Waals surface area (Å²) in [5.41, 5.74) is 1.60. The molecule has 0 aliphatic carbocycles. The van der Waals surface area contributed by atoms with E-state index < -0.39 is 0 Å². The molecule has 0 saturated carbocycles. The monoisotopic (exact) mass is 417 g/mol. The van der Waals surface area contributed by atoms with Crippen LogP contribution in [0.4, 0.5) is 0 Å². The molecule has 0 atom stereocenters. The minimum Gasteiger partial charge on any atom is -0.381 e. The van der Waals surface area contributed by atoms with Crippen LogP contribution in [-0.2, 0) is 16.1 Å². The van der Waals surface area contributed by atoms with E-state index in [-0.39, 0.29) is 18.4 Å². The molecule has 3 N–H and O–H groups in total. The van der Waals surface area contributed by atoms with Crippen LogP contribution in [0.25, 0.3) is 0 Å². The fourth-order valence-electron chi connectivity index (χ4n) is 2.96. The zero-order valence-electron chi connectivity index (χ0n) is 18.4. The third-order valence-corrected chi connectivity index (χ3v) is 4.50. The van der Waals surface area contributed by atoms with Gasteiger partial charge in [-0.15, -0.1) is 0 Å². The summed E-state index contributed by atoms with van der Waals surface area (Å²) in [6, 6.07) is 7.41. The van der Waals surface area contributed by atoms with E-state index in [1.165, 1.54) is 0 Å². The van der Waals surface area contributed by atoms with Crippen molar-refractivity contribution in [2.75, 3.05) is 45.9 Å². The quantitative estimate of drug-likeness (QED) is 0.304. The fraction of sp³-hybridized carbons (Fsp3) is 0.591. The van der Waals surface area contributed by atoms with Crippen LogP contribution < -0.4 is 16.0 Å². The van der Waals surface area contributed by atoms with Gasteiger partial charge < -0.3 is 25.6 Å². The van der Waals surface area contributed by atoms with Crippen molar-refractivity contribution < 1.29 is 14.3 Å². The Hall–Kier alpha value is -2.61. The van der Waals surface area contributed by atoms with Gasteiger partial charge in [0.1, 0.15) is 0 Å². The normalized spacial score (nSPS) is 14.6. The van der Waals surface area contributed by atoms with Crippen LogP contribution in [0.15, 0.2) is 29.3 Å². The first-order valence-electron chi connectivity index (χ1n) is 10.7. The average Bonchev–Trinajstić information content (AvgIpc) is 2.74. The third kappa shape index (κ3) is 8.41. The standard InChI is InChI=1S/C22H35N5O3/c1-4-23-22(25-10-5-13-30-16-17(2)3)26-14-18-6-8-19(9-7-18)21(29)27-12-11-24-20(28)15-27/h6-9,17H,4-5,10-16H2,1-3H3,(H,24,28)(H2,23,25,26). The number of nitrogens with one attached hydrogen (secondary N) is 3. The van der Waals surface area contributed by atoms with E-state index in [9.17, 15) is 9.59 Å². The van der Waals surface area contributed by atoms with Crippen LogP contribution in [0.3, 0.4) is 0 Å². The summed E-state index contributed by atoms with van der Waals surface area (Å²) in [5, 5.41) is 9.28. The summed E-state index contributed by atoms with van der Waals surface area (Å²) in [7, 11) is 0. The van der Waals surface area contributed by atoms with Gasteiger partial charge in [0.05, 0.1) is 13.1 Å². The molecule has 166 valence electrons. The second-order valence-corrected chi connectivity index (χ2v) is 7.72. The van der Waals surface area contributed by atoms with Gasteiger partial charge in [0.15, 0.2) is 5.96 Å². The summed E-state index contributed by atoms with van der Waals surface area (Å²) in [5.74, 6) is 1.09. The summed E-state index contributed by atoms with van der Waals surface area (Å²) in [4.78, 5) is 30.2. The summed E-state index contributed by atoms with van der Waals surface area (Å²) in [6.07, 6.45) is 0.919. The molecule has 0 radical (unpaired) electrons. The predicted octanol–water partition coefficient (Wildman–Crippen LogP) is 1.38. The maximum atomic E-state index is 12.5. The molecule has 0 aromatic heterocycles. The minimum absolute atomic E-state index is 0.115. The molecule has 30 heavy (non-hydrogen) atoms. The second kappa shape index (κ2) is 12.8. The van der Waals surface area contributed by atoms with Crippen molar-refractivity contribution in [3.8, 4) is 0 Å². The Kier molecular flexibility index (Phi) is 10.1. The summed E-state index contributed by atoms with van der Waals surface area (Å²) < 4.78 is 5.59. The Balaban J connectivity index is 1.82. The number of nitrogens with zero attached hydrogens (tertiary/aromatic N) is 2. The zero-order valence-corrected chi connectivity index (χ0v) is 18.4. The van der Waals surface area contributed by atoms with E-state index >= 15 is 0 Å². The van der Waals surface area contributed by atoms with E-state index in [4.69, 9.17) is 4.74 Å². The second-order valence-electron chi connectivity index (χ2n) is 7.72. The lowest BCUT2D eigenvalue weighted by atomic mass is 10.1. The van der Waals surface area contributed by atoms with Crippen LogP contribution in [0.5, 0.6) is 0 Å². The topological polar surface area (TPSA) is 95.1 Å². The van der Waals surface area contributed by atoms with Crippen molar-refractivity contribution in [1.82, 2.24) is 20.9 Å². The highest BCUT2D eigenvalue weighted by molar-refractivity contribution is 5.97. The molecule has 0 unspecified atom stereocenters. The highest BCUT2D eigenvalue weighted by atomic mass is 16.5. The van der Waals surface area contributed by atoms with Crippen LogP contribution in [0, 0.1) is 5.92 Å². The summed E-state index contributed by atoms with van der Waals surface area (Å²) >= 11 is 0. The molecule has 8 heteroatoms. The number of hydrogen-bond acceptors (Lipinski definition) is 4. The molecule has 1 saturated heterocycles. The van der Waals surface area contributed by atoms with Gasteiger partial charge in [0.25, 0.3) is 5.91 Å². The Morgan fingerprint density at radius 1 is 1.27 bits per heavy atom. The molecule has 1 aliphatic heterocycles. The number of piperazine rings is 1. The lowest BCUT2D eigenvalue weighted by Crippen LogP contribution is -2.49. The first-order chi connectivity index (χ1) is 14.5. The zero-order chi connectivity index (χ0) is 21.8. The Labute approximate surface area is 179 Å². The van der Waals surface area contributed by atoms with Gasteiger partial charge in [-0.3, -0.25) is 9.59 Å². The SMILES string of the molecule is CCNC(=NCc1ccc(C(=O)N2CCNC(=O)C2)cc1)NCCCOCC(C)C. The molecule has 0 bridgehead atoms. The Morgan fingerprint density at radius 2 is 2.03 bits per heavy atom. The van der Waals surface area contributed by atoms with Crippen molar-refractivity contribution >= 4 is 17.8 Å². The first-order valence-corrected chi connectivity index (χ1v) is 10.7. The van der Waals surface area contributed by atoms with Crippen LogP contribution >= 0.6 is 0 Å². The number of guanidine groups is 1. The predicted molar refractivity (Wildman–Crippen MR) is 118 cm³/mol. The van der Waals surface area contributed by atoms with Crippen LogP contribution in [-0.4, -0.2) is 68.6 Å². The molecule has 1 aliphatic rings. The maximum absolute atomic E-state index is 12.5. The fourth-order valence-corrected chi connectivity index (χ4v) is 2.96. The summed E-state index contributed by atoms with van der Waals surface area (Å²) in [6.45, 7) is 11.1. The molecule has 1 fully saturated rings. The van der Waals surface area contributed by atoms with Gasteiger partial charge in [-0.1, -0.05) is 26.0 Å². The smallest absolute Gasteiger partial charge is 0.254 e. The highest BCUT2D eigenvalue weighted by Gasteiger charge is 2.22. The molecule has 0 spiro atoms. The van der Waals surface area contributed by atoms with Crippen LogP contribution in [0.1, 0.15) is 43.1 Å². The molecule has 1 aromatic rings. The molecule has 2 rings (SSSR count). The molecular formula is C22H35N5O3. The average molecular weight is 418 g/mol. The number of carbonyl (C=O) groups excluding carboxylic acids is 2. The van der Waals surface area contributed by atoms with E-state index in [0.29, 0.717) is 31.1 Å². The molecule has 2 amide bonds. The van der Waals surface area contributed by atoms with Gasteiger partial charge in [0.2, 0.25) is 5.91 Å². The van der Waals surface area contributed by atoms with E-state index in [2.05, 4.69) is 34.8 Å². The number of hydrogen-bond donors (Lipinski definition) is 3. The van der Waals surface area contributed by atoms with Crippen molar-refractivity contribution in [3.63, 3.8) is 0 Å². The van der Waals surface area contributed by atoms with E-state index in [0.717, 1.165) is 44.2 Å². The van der Waals surface area contributed by atoms with Gasteiger partial charge in [0, 0.05) is 45.0 Å². The maximum Gasteiger partial charge on any atom is 0.254 e. The lowest BCUT2D eigenvalue weighted by molar-refractivity contribution is -0.123. The molecule has 1 aromatic carbocycles. The van der Waals surface area contributed by atoms with Crippen molar-refractivity contribution in [1.29, 1.82) is 0 Å². The van der Waals surface area contributed by atoms with Crippen molar-refractivity contribution in [2.45, 2.75) is 33.7 Å². The molecular weight excluding hydrogens is 382 g/mol. The number of amides is 2. The number of aliphatic imine (C=N–C) groups is 1. The number of benzene rings is 1. The number of ether oxygens (including phenoxy) is 1. The highest BCUT2D eigenvalue weighted by Crippen LogP contribution is 2.10. The van der Waals surface area contributed by atoms with E-state index in [1.54, 1.807) is 17.0 Å². The van der Waals surface area contributed by atoms with Gasteiger partial charge in [-0.25, -0.2) is 4.99 Å². The van der Waals surface area contributed by atoms with Crippen molar-refractivity contribution in [2.24, 2.45) is 10.9 Å². The van der Waals surface area contributed by atoms with Gasteiger partial charge in [-0.05, 0) is 37.0 Å². The van der Waals surface area contributed by atoms with Gasteiger partial charge >= 0.3 is 0 Å². The first kappa shape index (κ1) is 23.7. The Bertz CT molecular complexity index is 703. The Morgan fingerprint density at radius 3 is 2.70 bits per heavy atom. The lowest BCUT2D eigenvalue weighted by Gasteiger charge is -2.26. The minimum atomic E-state index is -0.116. The van der Waals surface area contributed by atoms with Crippen LogP contribution in [0.2, 0.25) is 0 Å². The van der Waals surface area contributed by atoms with Gasteiger partial charge in [-0.2, -0.15) is 0 Å². The third-order valence-electron chi connectivity index (χ3n) is 4.50. The largest absolute Gasteiger partial charge is 0.381 e. The number of rotatable bonds is 10. The number of carbonyl (C=O) groups is 2.